The minimum atomic E-state index is 0.0238. The number of aromatic nitrogens is 4. The van der Waals surface area contributed by atoms with Crippen molar-refractivity contribution in [2.75, 3.05) is 5.75 Å². The summed E-state index contributed by atoms with van der Waals surface area (Å²) in [4.78, 5) is 16.8. The molecule has 0 aliphatic rings. The third-order valence-electron chi connectivity index (χ3n) is 5.42. The van der Waals surface area contributed by atoms with Crippen LogP contribution in [0.25, 0.3) is 17.1 Å². The molecule has 31 heavy (non-hydrogen) atoms. The van der Waals surface area contributed by atoms with Crippen molar-refractivity contribution in [2.24, 2.45) is 0 Å². The Morgan fingerprint density at radius 2 is 1.74 bits per heavy atom. The van der Waals surface area contributed by atoms with Crippen molar-refractivity contribution in [1.29, 1.82) is 0 Å². The van der Waals surface area contributed by atoms with Gasteiger partial charge >= 0.3 is 0 Å². The molecule has 0 unspecified atom stereocenters. The molecule has 0 atom stereocenters. The van der Waals surface area contributed by atoms with E-state index in [1.54, 1.807) is 12.4 Å². The summed E-state index contributed by atoms with van der Waals surface area (Å²) in [5, 5.41) is 12.8. The highest BCUT2D eigenvalue weighted by atomic mass is 32.2. The van der Waals surface area contributed by atoms with Crippen molar-refractivity contribution in [3.05, 3.63) is 53.9 Å². The van der Waals surface area contributed by atoms with Gasteiger partial charge in [0, 0.05) is 24.0 Å². The second-order valence-corrected chi connectivity index (χ2v) is 8.33. The fourth-order valence-electron chi connectivity index (χ4n) is 3.64. The van der Waals surface area contributed by atoms with E-state index in [0.717, 1.165) is 42.8 Å². The van der Waals surface area contributed by atoms with Crippen molar-refractivity contribution in [2.45, 2.75) is 64.6 Å². The van der Waals surface area contributed by atoms with Gasteiger partial charge in [0.2, 0.25) is 5.91 Å². The van der Waals surface area contributed by atoms with E-state index in [0.29, 0.717) is 10.9 Å². The lowest BCUT2D eigenvalue weighted by atomic mass is 10.0. The van der Waals surface area contributed by atoms with Crippen molar-refractivity contribution >= 4 is 17.7 Å². The highest BCUT2D eigenvalue weighted by molar-refractivity contribution is 7.99. The predicted molar refractivity (Wildman–Crippen MR) is 127 cm³/mol. The van der Waals surface area contributed by atoms with E-state index in [1.165, 1.54) is 22.9 Å². The maximum atomic E-state index is 12.5. The number of rotatable bonds is 10. The van der Waals surface area contributed by atoms with Crippen LogP contribution in [-0.4, -0.2) is 37.5 Å². The third-order valence-corrected chi connectivity index (χ3v) is 6.35. The zero-order valence-electron chi connectivity index (χ0n) is 18.8. The number of para-hydroxylation sites is 1. The monoisotopic (exact) mass is 437 g/mol. The van der Waals surface area contributed by atoms with Crippen molar-refractivity contribution in [3.63, 3.8) is 0 Å². The van der Waals surface area contributed by atoms with E-state index in [1.807, 2.05) is 12.1 Å². The molecular weight excluding hydrogens is 406 g/mol. The molecule has 0 saturated carbocycles. The SMILES string of the molecule is CCc1cccc(CC)c1-n1c(SCC(=O)NC(CC)CC)nnc1-c1cccnc1. The molecule has 164 valence electrons. The Morgan fingerprint density at radius 1 is 1.03 bits per heavy atom. The van der Waals surface area contributed by atoms with Gasteiger partial charge in [0.25, 0.3) is 0 Å². The molecule has 1 amide bonds. The Bertz CT molecular complexity index is 976. The van der Waals surface area contributed by atoms with Gasteiger partial charge in [0.1, 0.15) is 0 Å². The van der Waals surface area contributed by atoms with Gasteiger partial charge in [-0.15, -0.1) is 10.2 Å². The maximum absolute atomic E-state index is 12.5. The minimum Gasteiger partial charge on any atom is -0.353 e. The zero-order chi connectivity index (χ0) is 22.2. The lowest BCUT2D eigenvalue weighted by Crippen LogP contribution is -2.35. The number of nitrogens with zero attached hydrogens (tertiary/aromatic N) is 4. The molecule has 0 aliphatic heterocycles. The number of nitrogens with one attached hydrogen (secondary N) is 1. The van der Waals surface area contributed by atoms with Gasteiger partial charge in [-0.25, -0.2) is 0 Å². The lowest BCUT2D eigenvalue weighted by molar-refractivity contribution is -0.119. The summed E-state index contributed by atoms with van der Waals surface area (Å²) in [6, 6.07) is 10.5. The first-order chi connectivity index (χ1) is 15.1. The first kappa shape index (κ1) is 23.0. The quantitative estimate of drug-likeness (QED) is 0.459. The number of carbonyl (C=O) groups excluding carboxylic acids is 1. The Labute approximate surface area is 188 Å². The molecule has 7 heteroatoms. The first-order valence-corrected chi connectivity index (χ1v) is 12.0. The van der Waals surface area contributed by atoms with Gasteiger partial charge < -0.3 is 5.32 Å². The molecule has 0 saturated heterocycles. The molecule has 0 fully saturated rings. The number of aryl methyl sites for hydroxylation is 2. The van der Waals surface area contributed by atoms with E-state index in [4.69, 9.17) is 0 Å². The largest absolute Gasteiger partial charge is 0.353 e. The number of hydrogen-bond acceptors (Lipinski definition) is 5. The number of benzene rings is 1. The van der Waals surface area contributed by atoms with Crippen molar-refractivity contribution in [1.82, 2.24) is 25.1 Å². The van der Waals surface area contributed by atoms with Gasteiger partial charge in [-0.05, 0) is 48.9 Å². The highest BCUT2D eigenvalue weighted by Crippen LogP contribution is 2.32. The molecule has 0 radical (unpaired) electrons. The summed E-state index contributed by atoms with van der Waals surface area (Å²) in [6.45, 7) is 8.49. The summed E-state index contributed by atoms with van der Waals surface area (Å²) in [5.41, 5.74) is 4.47. The predicted octanol–water partition coefficient (Wildman–Crippen LogP) is 4.85. The molecule has 2 aromatic heterocycles. The molecule has 0 aliphatic carbocycles. The molecule has 6 nitrogen and oxygen atoms in total. The summed E-state index contributed by atoms with van der Waals surface area (Å²) in [5.74, 6) is 1.07. The van der Waals surface area contributed by atoms with E-state index in [-0.39, 0.29) is 11.9 Å². The van der Waals surface area contributed by atoms with Gasteiger partial charge in [-0.2, -0.15) is 0 Å². The van der Waals surface area contributed by atoms with Crippen LogP contribution in [0.4, 0.5) is 0 Å². The minimum absolute atomic E-state index is 0.0238. The number of hydrogen-bond donors (Lipinski definition) is 1. The van der Waals surface area contributed by atoms with Crippen LogP contribution in [0.15, 0.2) is 47.9 Å². The number of pyridine rings is 1. The second kappa shape index (κ2) is 11.1. The normalized spacial score (nSPS) is 11.1. The van der Waals surface area contributed by atoms with Crippen molar-refractivity contribution in [3.8, 4) is 17.1 Å². The smallest absolute Gasteiger partial charge is 0.230 e. The third kappa shape index (κ3) is 5.34. The Kier molecular flexibility index (Phi) is 8.23. The standard InChI is InChI=1S/C24H31N5OS/c1-5-17-11-9-12-18(6-2)22(17)29-23(19-13-10-14-25-15-19)27-28-24(29)31-16-21(30)26-20(7-3)8-4/h9-15,20H,5-8,16H2,1-4H3,(H,26,30). The van der Waals surface area contributed by atoms with Crippen LogP contribution in [0.3, 0.4) is 0 Å². The number of amides is 1. The van der Waals surface area contributed by atoms with Crippen LogP contribution in [0, 0.1) is 0 Å². The number of carbonyl (C=O) groups is 1. The average Bonchev–Trinajstić information content (AvgIpc) is 3.24. The summed E-state index contributed by atoms with van der Waals surface area (Å²) in [7, 11) is 0. The van der Waals surface area contributed by atoms with Crippen molar-refractivity contribution < 1.29 is 4.79 Å². The molecule has 1 N–H and O–H groups in total. The molecule has 0 spiro atoms. The van der Waals surface area contributed by atoms with Crippen LogP contribution in [0.2, 0.25) is 0 Å². The Balaban J connectivity index is 2.03. The Morgan fingerprint density at radius 3 is 2.32 bits per heavy atom. The molecule has 3 aromatic rings. The van der Waals surface area contributed by atoms with Gasteiger partial charge in [0.15, 0.2) is 11.0 Å². The Hall–Kier alpha value is -2.67. The zero-order valence-corrected chi connectivity index (χ0v) is 19.6. The molecular formula is C24H31N5OS. The topological polar surface area (TPSA) is 72.7 Å². The van der Waals surface area contributed by atoms with Crippen LogP contribution < -0.4 is 5.32 Å². The lowest BCUT2D eigenvalue weighted by Gasteiger charge is -2.18. The average molecular weight is 438 g/mol. The molecule has 0 bridgehead atoms. The summed E-state index contributed by atoms with van der Waals surface area (Å²) in [6.07, 6.45) is 7.20. The van der Waals surface area contributed by atoms with E-state index in [2.05, 4.69) is 71.0 Å². The highest BCUT2D eigenvalue weighted by Gasteiger charge is 2.21. The van der Waals surface area contributed by atoms with Crippen LogP contribution in [0.1, 0.15) is 51.7 Å². The maximum Gasteiger partial charge on any atom is 0.230 e. The summed E-state index contributed by atoms with van der Waals surface area (Å²) < 4.78 is 2.10. The van der Waals surface area contributed by atoms with E-state index >= 15 is 0 Å². The summed E-state index contributed by atoms with van der Waals surface area (Å²) >= 11 is 1.42. The van der Waals surface area contributed by atoms with E-state index < -0.39 is 0 Å². The molecule has 2 heterocycles. The van der Waals surface area contributed by atoms with Gasteiger partial charge in [-0.3, -0.25) is 14.3 Å². The molecule has 1 aromatic carbocycles. The van der Waals surface area contributed by atoms with Crippen LogP contribution in [0.5, 0.6) is 0 Å². The number of thioether (sulfide) groups is 1. The van der Waals surface area contributed by atoms with Crippen LogP contribution in [-0.2, 0) is 17.6 Å². The van der Waals surface area contributed by atoms with Gasteiger partial charge in [0.05, 0.1) is 11.4 Å². The first-order valence-electron chi connectivity index (χ1n) is 11.0. The fourth-order valence-corrected chi connectivity index (χ4v) is 4.39. The van der Waals surface area contributed by atoms with Gasteiger partial charge in [-0.1, -0.05) is 57.7 Å². The fraction of sp³-hybridized carbons (Fsp3) is 0.417. The van der Waals surface area contributed by atoms with E-state index in [9.17, 15) is 4.79 Å². The molecule has 3 rings (SSSR count). The van der Waals surface area contributed by atoms with Crippen LogP contribution >= 0.6 is 11.8 Å². The second-order valence-electron chi connectivity index (χ2n) is 7.38.